The van der Waals surface area contributed by atoms with Crippen LogP contribution in [0.2, 0.25) is 0 Å². The monoisotopic (exact) mass is 542 g/mol. The molecule has 0 bridgehead atoms. The third kappa shape index (κ3) is 5.47. The zero-order valence-electron chi connectivity index (χ0n) is 21.8. The Balaban J connectivity index is 1.49. The van der Waals surface area contributed by atoms with E-state index in [2.05, 4.69) is 51.7 Å². The Labute approximate surface area is 232 Å². The molecule has 38 heavy (non-hydrogen) atoms. The van der Waals surface area contributed by atoms with E-state index in [1.54, 1.807) is 18.0 Å². The van der Waals surface area contributed by atoms with Gasteiger partial charge in [0.1, 0.15) is 11.8 Å². The highest BCUT2D eigenvalue weighted by Crippen LogP contribution is 2.44. The van der Waals surface area contributed by atoms with Crippen LogP contribution in [0.15, 0.2) is 93.4 Å². The highest BCUT2D eigenvalue weighted by atomic mass is 32.2. The number of carbonyl (C=O) groups is 1. The maximum Gasteiger partial charge on any atom is 0.226 e. The van der Waals surface area contributed by atoms with Crippen LogP contribution in [0, 0.1) is 19.8 Å². The van der Waals surface area contributed by atoms with E-state index in [0.717, 1.165) is 38.4 Å². The zero-order valence-corrected chi connectivity index (χ0v) is 23.4. The predicted octanol–water partition coefficient (Wildman–Crippen LogP) is 7.21. The van der Waals surface area contributed by atoms with Crippen LogP contribution in [0.1, 0.15) is 48.5 Å². The van der Waals surface area contributed by atoms with Crippen molar-refractivity contribution >= 4 is 46.4 Å². The second kappa shape index (κ2) is 11.0. The number of pyridine rings is 1. The summed E-state index contributed by atoms with van der Waals surface area (Å²) >= 11 is 7.44. The van der Waals surface area contributed by atoms with E-state index in [4.69, 9.17) is 16.6 Å². The summed E-state index contributed by atoms with van der Waals surface area (Å²) < 4.78 is 6.42. The normalized spacial score (nSPS) is 17.1. The fourth-order valence-electron chi connectivity index (χ4n) is 4.41. The van der Waals surface area contributed by atoms with E-state index in [-0.39, 0.29) is 23.9 Å². The molecule has 1 fully saturated rings. The van der Waals surface area contributed by atoms with Crippen LogP contribution in [0.25, 0.3) is 0 Å². The quantitative estimate of drug-likeness (QED) is 0.239. The summed E-state index contributed by atoms with van der Waals surface area (Å²) in [5, 5.41) is 7.88. The van der Waals surface area contributed by atoms with Crippen LogP contribution in [0.5, 0.6) is 0 Å². The van der Waals surface area contributed by atoms with E-state index < -0.39 is 0 Å². The molecule has 0 unspecified atom stereocenters. The van der Waals surface area contributed by atoms with E-state index in [1.165, 1.54) is 5.56 Å². The fourth-order valence-corrected chi connectivity index (χ4v) is 5.53. The third-order valence-corrected chi connectivity index (χ3v) is 7.74. The van der Waals surface area contributed by atoms with Crippen molar-refractivity contribution in [2.24, 2.45) is 5.92 Å². The average molecular weight is 543 g/mol. The van der Waals surface area contributed by atoms with Gasteiger partial charge < -0.3 is 20.0 Å². The number of thiocarbonyl (C=S) groups is 1. The number of rotatable bonds is 7. The molecular formula is C30H30N4O2S2. The lowest BCUT2D eigenvalue weighted by Crippen LogP contribution is -2.29. The maximum absolute atomic E-state index is 12.3. The number of carbonyl (C=O) groups excluding carboxylic acids is 1. The van der Waals surface area contributed by atoms with Crippen molar-refractivity contribution in [1.82, 2.24) is 10.3 Å². The van der Waals surface area contributed by atoms with Crippen molar-refractivity contribution in [3.8, 4) is 0 Å². The van der Waals surface area contributed by atoms with Gasteiger partial charge in [-0.1, -0.05) is 49.4 Å². The summed E-state index contributed by atoms with van der Waals surface area (Å²) in [6.07, 6.45) is 1.79. The molecule has 0 spiro atoms. The third-order valence-electron chi connectivity index (χ3n) is 6.50. The lowest BCUT2D eigenvalue weighted by atomic mass is 10.0. The number of nitrogens with zero attached hydrogens (tertiary/aromatic N) is 2. The number of amides is 1. The van der Waals surface area contributed by atoms with E-state index in [1.807, 2.05) is 69.3 Å². The minimum Gasteiger partial charge on any atom is -0.452 e. The second-order valence-electron chi connectivity index (χ2n) is 9.71. The van der Waals surface area contributed by atoms with Crippen LogP contribution in [-0.2, 0) is 4.79 Å². The highest BCUT2D eigenvalue weighted by Gasteiger charge is 2.42. The second-order valence-corrected chi connectivity index (χ2v) is 11.2. The number of anilines is 2. The number of nitrogens with one attached hydrogen (secondary N) is 2. The number of aromatic nitrogens is 1. The van der Waals surface area contributed by atoms with Gasteiger partial charge in [-0.15, -0.1) is 0 Å². The Bertz CT molecular complexity index is 1450. The van der Waals surface area contributed by atoms with Crippen molar-refractivity contribution in [1.29, 1.82) is 0 Å². The Morgan fingerprint density at radius 1 is 1.08 bits per heavy atom. The molecule has 3 heterocycles. The van der Waals surface area contributed by atoms with Gasteiger partial charge in [0.05, 0.1) is 11.7 Å². The Morgan fingerprint density at radius 3 is 2.55 bits per heavy atom. The molecule has 1 saturated heterocycles. The number of furan rings is 1. The van der Waals surface area contributed by atoms with Crippen LogP contribution in [-0.4, -0.2) is 16.0 Å². The van der Waals surface area contributed by atoms with Crippen molar-refractivity contribution in [3.05, 3.63) is 102 Å². The van der Waals surface area contributed by atoms with E-state index in [0.29, 0.717) is 5.11 Å². The van der Waals surface area contributed by atoms with Gasteiger partial charge in [0, 0.05) is 28.4 Å². The van der Waals surface area contributed by atoms with E-state index in [9.17, 15) is 4.79 Å². The SMILES string of the molecule is Cc1ccc(Sc2ccc([C@H]3[C@H](c4ccccn4)NC(=S)N3c3ccc(NC(=O)C(C)C)c(C)c3)o2)cc1. The lowest BCUT2D eigenvalue weighted by Gasteiger charge is -2.27. The molecule has 2 aromatic carbocycles. The van der Waals surface area contributed by atoms with Crippen molar-refractivity contribution in [2.45, 2.75) is 49.8 Å². The Morgan fingerprint density at radius 2 is 1.87 bits per heavy atom. The molecule has 0 saturated carbocycles. The molecule has 2 atom stereocenters. The molecular weight excluding hydrogens is 512 g/mol. The zero-order chi connectivity index (χ0) is 26.8. The molecule has 2 N–H and O–H groups in total. The van der Waals surface area contributed by atoms with Gasteiger partial charge in [-0.05, 0) is 86.2 Å². The van der Waals surface area contributed by atoms with Crippen molar-refractivity contribution in [3.63, 3.8) is 0 Å². The molecule has 6 nitrogen and oxygen atoms in total. The van der Waals surface area contributed by atoms with Gasteiger partial charge in [0.15, 0.2) is 10.2 Å². The average Bonchev–Trinajstić information content (AvgIpc) is 3.51. The van der Waals surface area contributed by atoms with Gasteiger partial charge in [0.25, 0.3) is 0 Å². The first kappa shape index (κ1) is 26.0. The minimum atomic E-state index is -0.250. The number of aryl methyl sites for hydroxylation is 2. The summed E-state index contributed by atoms with van der Waals surface area (Å²) in [5.74, 6) is 0.679. The van der Waals surface area contributed by atoms with Gasteiger partial charge >= 0.3 is 0 Å². The van der Waals surface area contributed by atoms with Crippen LogP contribution >= 0.6 is 24.0 Å². The van der Waals surface area contributed by atoms with Crippen molar-refractivity contribution < 1.29 is 9.21 Å². The summed E-state index contributed by atoms with van der Waals surface area (Å²) in [6.45, 7) is 7.82. The van der Waals surface area contributed by atoms with Crippen LogP contribution in [0.3, 0.4) is 0 Å². The molecule has 4 aromatic rings. The van der Waals surface area contributed by atoms with E-state index >= 15 is 0 Å². The molecule has 0 aliphatic carbocycles. The molecule has 2 aromatic heterocycles. The summed E-state index contributed by atoms with van der Waals surface area (Å²) in [7, 11) is 0. The van der Waals surface area contributed by atoms with Crippen molar-refractivity contribution in [2.75, 3.05) is 10.2 Å². The fraction of sp³-hybridized carbons (Fsp3) is 0.233. The first-order valence-electron chi connectivity index (χ1n) is 12.6. The van der Waals surface area contributed by atoms with Gasteiger partial charge in [-0.3, -0.25) is 9.78 Å². The molecule has 0 radical (unpaired) electrons. The number of hydrogen-bond donors (Lipinski definition) is 2. The molecule has 8 heteroatoms. The predicted molar refractivity (Wildman–Crippen MR) is 157 cm³/mol. The standard InChI is InChI=1S/C30H30N4O2S2/c1-18(2)29(35)32-23-13-10-21(17-20(23)4)34-28(27(33-30(34)37)24-7-5-6-16-31-24)25-14-15-26(36-25)38-22-11-8-19(3)9-12-22/h5-18,27-28H,1-4H3,(H,32,35)(H,33,37)/t27-,28-/m0/s1. The smallest absolute Gasteiger partial charge is 0.226 e. The Kier molecular flexibility index (Phi) is 7.53. The first-order valence-corrected chi connectivity index (χ1v) is 13.8. The summed E-state index contributed by atoms with van der Waals surface area (Å²) in [6, 6.07) is 23.8. The molecule has 194 valence electrons. The topological polar surface area (TPSA) is 70.4 Å². The molecule has 1 aliphatic heterocycles. The van der Waals surface area contributed by atoms with Crippen LogP contribution < -0.4 is 15.5 Å². The lowest BCUT2D eigenvalue weighted by molar-refractivity contribution is -0.118. The number of hydrogen-bond acceptors (Lipinski definition) is 5. The first-order chi connectivity index (χ1) is 18.3. The highest BCUT2D eigenvalue weighted by molar-refractivity contribution is 7.99. The Hall–Kier alpha value is -3.62. The van der Waals surface area contributed by atoms with Gasteiger partial charge in [-0.2, -0.15) is 0 Å². The maximum atomic E-state index is 12.3. The minimum absolute atomic E-state index is 0.0125. The molecule has 5 rings (SSSR count). The summed E-state index contributed by atoms with van der Waals surface area (Å²) in [4.78, 5) is 20.1. The number of benzene rings is 2. The van der Waals surface area contributed by atoms with Gasteiger partial charge in [0.2, 0.25) is 5.91 Å². The van der Waals surface area contributed by atoms with Gasteiger partial charge in [-0.25, -0.2) is 0 Å². The largest absolute Gasteiger partial charge is 0.452 e. The van der Waals surface area contributed by atoms with Crippen LogP contribution in [0.4, 0.5) is 11.4 Å². The molecule has 1 aliphatic rings. The molecule has 1 amide bonds. The summed E-state index contributed by atoms with van der Waals surface area (Å²) in [5.41, 5.74) is 4.76.